The van der Waals surface area contributed by atoms with Crippen molar-refractivity contribution >= 4 is 16.1 Å². The molecule has 2 aromatic carbocycles. The Bertz CT molecular complexity index is 1680. The number of piperidine rings is 1. The number of alkyl halides is 3. The van der Waals surface area contributed by atoms with Gasteiger partial charge in [-0.15, -0.1) is 0 Å². The SMILES string of the molecule is O=S(=O)(c1ccc(C(F)(F)F)cc1)N1CCC2=Cc3c(cnn3-c3ccc(F)cc3)CC2([C@@H](O)c2cocn2)C1. The van der Waals surface area contributed by atoms with Crippen LogP contribution in [0.25, 0.3) is 11.8 Å². The van der Waals surface area contributed by atoms with Gasteiger partial charge >= 0.3 is 6.18 Å². The molecule has 1 unspecified atom stereocenters. The summed E-state index contributed by atoms with van der Waals surface area (Å²) in [6.45, 7) is -0.111. The lowest BCUT2D eigenvalue weighted by Crippen LogP contribution is -2.52. The van der Waals surface area contributed by atoms with Crippen molar-refractivity contribution in [3.63, 3.8) is 0 Å². The number of sulfonamides is 1. The van der Waals surface area contributed by atoms with Gasteiger partial charge in [0.1, 0.15) is 23.9 Å². The average Bonchev–Trinajstić information content (AvgIpc) is 3.61. The molecule has 2 aliphatic rings. The Balaban J connectivity index is 1.40. The minimum absolute atomic E-state index is 0.0441. The zero-order valence-electron chi connectivity index (χ0n) is 20.7. The quantitative estimate of drug-likeness (QED) is 0.345. The smallest absolute Gasteiger partial charge is 0.416 e. The van der Waals surface area contributed by atoms with Crippen LogP contribution in [-0.2, 0) is 22.6 Å². The Morgan fingerprint density at radius 1 is 1.07 bits per heavy atom. The van der Waals surface area contributed by atoms with E-state index >= 15 is 0 Å². The van der Waals surface area contributed by atoms with Crippen LogP contribution in [0.1, 0.15) is 35.0 Å². The van der Waals surface area contributed by atoms with Crippen LogP contribution in [0.3, 0.4) is 0 Å². The summed E-state index contributed by atoms with van der Waals surface area (Å²) >= 11 is 0. The van der Waals surface area contributed by atoms with E-state index in [4.69, 9.17) is 4.42 Å². The summed E-state index contributed by atoms with van der Waals surface area (Å²) < 4.78 is 87.8. The number of hydrogen-bond acceptors (Lipinski definition) is 6. The monoisotopic (exact) mass is 574 g/mol. The van der Waals surface area contributed by atoms with E-state index in [9.17, 15) is 31.1 Å². The second-order valence-corrected chi connectivity index (χ2v) is 11.8. The number of nitrogens with zero attached hydrogens (tertiary/aromatic N) is 4. The molecule has 0 amide bonds. The maximum atomic E-state index is 13.6. The number of hydrogen-bond donors (Lipinski definition) is 1. The van der Waals surface area contributed by atoms with Gasteiger partial charge in [0.25, 0.3) is 0 Å². The highest BCUT2D eigenvalue weighted by Gasteiger charge is 2.51. The normalized spacial score (nSPS) is 20.5. The predicted octanol–water partition coefficient (Wildman–Crippen LogP) is 4.77. The molecule has 208 valence electrons. The molecule has 8 nitrogen and oxygen atoms in total. The van der Waals surface area contributed by atoms with Crippen molar-refractivity contribution in [2.75, 3.05) is 13.1 Å². The maximum Gasteiger partial charge on any atom is 0.416 e. The fourth-order valence-electron chi connectivity index (χ4n) is 5.52. The molecule has 0 radical (unpaired) electrons. The number of halogens is 4. The first-order valence-electron chi connectivity index (χ1n) is 12.3. The van der Waals surface area contributed by atoms with Crippen LogP contribution in [0.4, 0.5) is 17.6 Å². The van der Waals surface area contributed by atoms with Gasteiger partial charge in [-0.3, -0.25) is 0 Å². The van der Waals surface area contributed by atoms with Crippen LogP contribution < -0.4 is 0 Å². The Kier molecular flexibility index (Phi) is 6.20. The summed E-state index contributed by atoms with van der Waals surface area (Å²) in [6.07, 6.45) is 0.511. The average molecular weight is 575 g/mol. The largest absolute Gasteiger partial charge is 0.451 e. The third kappa shape index (κ3) is 4.34. The van der Waals surface area contributed by atoms with Gasteiger partial charge in [-0.1, -0.05) is 5.57 Å². The summed E-state index contributed by atoms with van der Waals surface area (Å²) in [5.74, 6) is -0.389. The molecule has 0 bridgehead atoms. The summed E-state index contributed by atoms with van der Waals surface area (Å²) in [7, 11) is -4.21. The minimum atomic E-state index is -4.60. The third-order valence-corrected chi connectivity index (χ3v) is 9.44. The molecule has 2 atom stereocenters. The first kappa shape index (κ1) is 26.4. The number of rotatable bonds is 5. The molecule has 1 aliphatic heterocycles. The Labute approximate surface area is 226 Å². The van der Waals surface area contributed by atoms with E-state index in [-0.39, 0.29) is 42.3 Å². The number of fused-ring (bicyclic) bond motifs is 2. The van der Waals surface area contributed by atoms with Gasteiger partial charge in [-0.05, 0) is 73.0 Å². The highest BCUT2D eigenvalue weighted by Crippen LogP contribution is 2.52. The van der Waals surface area contributed by atoms with Crippen LogP contribution in [0, 0.1) is 11.2 Å². The Morgan fingerprint density at radius 3 is 2.45 bits per heavy atom. The zero-order valence-corrected chi connectivity index (χ0v) is 21.5. The summed E-state index contributed by atoms with van der Waals surface area (Å²) in [5.41, 5.74) is 0.954. The molecule has 1 N–H and O–H groups in total. The molecule has 1 saturated heterocycles. The Morgan fingerprint density at radius 2 is 1.80 bits per heavy atom. The molecule has 3 heterocycles. The van der Waals surface area contributed by atoms with Gasteiger partial charge in [0, 0.05) is 18.5 Å². The molecule has 1 fully saturated rings. The van der Waals surface area contributed by atoms with E-state index in [2.05, 4.69) is 10.1 Å². The van der Waals surface area contributed by atoms with Crippen molar-refractivity contribution in [3.8, 4) is 5.69 Å². The molecular formula is C27H22F4N4O4S. The van der Waals surface area contributed by atoms with E-state index in [1.807, 2.05) is 6.08 Å². The topological polar surface area (TPSA) is 101 Å². The van der Waals surface area contributed by atoms with Crippen molar-refractivity contribution in [2.24, 2.45) is 5.41 Å². The van der Waals surface area contributed by atoms with E-state index in [1.165, 1.54) is 29.1 Å². The van der Waals surface area contributed by atoms with Gasteiger partial charge < -0.3 is 9.52 Å². The minimum Gasteiger partial charge on any atom is -0.451 e. The second-order valence-electron chi connectivity index (χ2n) is 9.87. The van der Waals surface area contributed by atoms with Gasteiger partial charge in [-0.25, -0.2) is 22.5 Å². The summed E-state index contributed by atoms with van der Waals surface area (Å²) in [5, 5.41) is 16.1. The third-order valence-electron chi connectivity index (χ3n) is 7.58. The fourth-order valence-corrected chi connectivity index (χ4v) is 7.03. The molecule has 6 rings (SSSR count). The van der Waals surface area contributed by atoms with Crippen molar-refractivity contribution < 1.29 is 35.5 Å². The van der Waals surface area contributed by atoms with Crippen molar-refractivity contribution in [1.29, 1.82) is 0 Å². The van der Waals surface area contributed by atoms with Crippen LogP contribution in [0.2, 0.25) is 0 Å². The first-order valence-corrected chi connectivity index (χ1v) is 13.7. The molecule has 2 aromatic heterocycles. The summed E-state index contributed by atoms with van der Waals surface area (Å²) in [4.78, 5) is 3.82. The zero-order chi connectivity index (χ0) is 28.3. The van der Waals surface area contributed by atoms with Crippen LogP contribution >= 0.6 is 0 Å². The van der Waals surface area contributed by atoms with Gasteiger partial charge in [0.2, 0.25) is 10.0 Å². The van der Waals surface area contributed by atoms with Gasteiger partial charge in [0.05, 0.1) is 28.0 Å². The predicted molar refractivity (Wildman–Crippen MR) is 134 cm³/mol. The molecule has 1 aliphatic carbocycles. The number of benzene rings is 2. The van der Waals surface area contributed by atoms with Crippen molar-refractivity contribution in [2.45, 2.75) is 30.0 Å². The van der Waals surface area contributed by atoms with E-state index in [0.717, 1.165) is 41.1 Å². The van der Waals surface area contributed by atoms with Crippen molar-refractivity contribution in [3.05, 3.63) is 101 Å². The lowest BCUT2D eigenvalue weighted by Gasteiger charge is -2.48. The molecular weight excluding hydrogens is 552 g/mol. The number of oxazole rings is 1. The fraction of sp³-hybridized carbons (Fsp3) is 0.259. The van der Waals surface area contributed by atoms with E-state index < -0.39 is 33.3 Å². The van der Waals surface area contributed by atoms with Gasteiger partial charge in [-0.2, -0.15) is 22.6 Å². The number of aliphatic hydroxyl groups excluding tert-OH is 1. The number of aliphatic hydroxyl groups is 1. The van der Waals surface area contributed by atoms with Crippen LogP contribution in [0.5, 0.6) is 0 Å². The van der Waals surface area contributed by atoms with E-state index in [0.29, 0.717) is 5.69 Å². The maximum absolute atomic E-state index is 13.6. The first-order chi connectivity index (χ1) is 19.0. The molecule has 40 heavy (non-hydrogen) atoms. The summed E-state index contributed by atoms with van der Waals surface area (Å²) in [6, 6.07) is 9.17. The van der Waals surface area contributed by atoms with Crippen molar-refractivity contribution in [1.82, 2.24) is 19.1 Å². The van der Waals surface area contributed by atoms with Crippen LogP contribution in [0.15, 0.2) is 82.3 Å². The molecule has 0 spiro atoms. The highest BCUT2D eigenvalue weighted by atomic mass is 32.2. The number of aromatic nitrogens is 3. The standard InChI is InChI=1S/C27H22F4N4O4S/c28-20-3-5-21(6-4-20)35-24-11-19-9-10-34(40(37,38)22-7-1-18(2-8-22)27(29,30)31)15-26(19,12-17(24)13-33-35)25(36)23-14-39-16-32-23/h1-8,11,13-14,16,25,36H,9-10,12,15H2/t25-,26?/m0/s1. The lowest BCUT2D eigenvalue weighted by atomic mass is 9.65. The van der Waals surface area contributed by atoms with E-state index in [1.54, 1.807) is 23.0 Å². The molecule has 4 aromatic rings. The lowest BCUT2D eigenvalue weighted by molar-refractivity contribution is -0.137. The Hall–Kier alpha value is -3.81. The highest BCUT2D eigenvalue weighted by molar-refractivity contribution is 7.89. The van der Waals surface area contributed by atoms with Gasteiger partial charge in [0.15, 0.2) is 6.39 Å². The second kappa shape index (κ2) is 9.39. The molecule has 0 saturated carbocycles. The van der Waals surface area contributed by atoms with Crippen LogP contribution in [-0.4, -0.2) is 45.7 Å². The molecule has 13 heteroatoms.